The lowest BCUT2D eigenvalue weighted by Crippen LogP contribution is -2.27. The summed E-state index contributed by atoms with van der Waals surface area (Å²) in [5.74, 6) is 0.749. The van der Waals surface area contributed by atoms with Crippen LogP contribution in [0.1, 0.15) is 11.1 Å². The fraction of sp³-hybridized carbons (Fsp3) is 0.111. The molecule has 1 fully saturated rings. The van der Waals surface area contributed by atoms with Gasteiger partial charge in [-0.05, 0) is 29.3 Å². The van der Waals surface area contributed by atoms with Gasteiger partial charge in [-0.15, -0.1) is 0 Å². The number of carbonyl (C=O) groups excluding carboxylic acids is 1. The van der Waals surface area contributed by atoms with Gasteiger partial charge in [0, 0.05) is 0 Å². The Balaban J connectivity index is 1.78. The Morgan fingerprint density at radius 1 is 1.13 bits per heavy atom. The minimum absolute atomic E-state index is 0.0420. The van der Waals surface area contributed by atoms with E-state index < -0.39 is 0 Å². The van der Waals surface area contributed by atoms with Crippen LogP contribution >= 0.6 is 24.0 Å². The van der Waals surface area contributed by atoms with E-state index in [0.29, 0.717) is 15.8 Å². The predicted molar refractivity (Wildman–Crippen MR) is 98.2 cm³/mol. The summed E-state index contributed by atoms with van der Waals surface area (Å²) in [5.41, 5.74) is 2.01. The predicted octanol–water partition coefficient (Wildman–Crippen LogP) is 4.10. The van der Waals surface area contributed by atoms with Crippen LogP contribution in [0.4, 0.5) is 0 Å². The van der Waals surface area contributed by atoms with Crippen LogP contribution in [0.5, 0.6) is 5.75 Å². The third-order valence-electron chi connectivity index (χ3n) is 3.47. The van der Waals surface area contributed by atoms with Crippen molar-refractivity contribution in [3.63, 3.8) is 0 Å². The molecular formula is C18H15NO2S2. The summed E-state index contributed by atoms with van der Waals surface area (Å²) < 4.78 is 5.73. The molecular weight excluding hydrogens is 326 g/mol. The van der Waals surface area contributed by atoms with Gasteiger partial charge >= 0.3 is 0 Å². The van der Waals surface area contributed by atoms with Crippen molar-refractivity contribution in [1.82, 2.24) is 4.90 Å². The lowest BCUT2D eigenvalue weighted by atomic mass is 10.2. The van der Waals surface area contributed by atoms with Gasteiger partial charge in [-0.1, -0.05) is 66.4 Å². The normalized spacial score (nSPS) is 16.2. The Bertz CT molecular complexity index is 754. The van der Waals surface area contributed by atoms with E-state index in [1.54, 1.807) is 12.0 Å². The highest BCUT2D eigenvalue weighted by molar-refractivity contribution is 8.26. The number of amides is 1. The van der Waals surface area contributed by atoms with Crippen molar-refractivity contribution in [2.75, 3.05) is 7.11 Å². The maximum absolute atomic E-state index is 12.6. The van der Waals surface area contributed by atoms with E-state index in [1.165, 1.54) is 11.8 Å². The van der Waals surface area contributed by atoms with Crippen LogP contribution in [0.15, 0.2) is 59.5 Å². The van der Waals surface area contributed by atoms with Gasteiger partial charge in [0.15, 0.2) is 0 Å². The highest BCUT2D eigenvalue weighted by Gasteiger charge is 2.31. The lowest BCUT2D eigenvalue weighted by molar-refractivity contribution is -0.122. The maximum Gasteiger partial charge on any atom is 0.266 e. The van der Waals surface area contributed by atoms with Gasteiger partial charge in [0.25, 0.3) is 5.91 Å². The second kappa shape index (κ2) is 6.98. The van der Waals surface area contributed by atoms with Gasteiger partial charge in [-0.3, -0.25) is 9.69 Å². The molecule has 2 aromatic rings. The summed E-state index contributed by atoms with van der Waals surface area (Å²) in [6, 6.07) is 17.4. The van der Waals surface area contributed by atoms with Crippen molar-refractivity contribution in [1.29, 1.82) is 0 Å². The zero-order valence-corrected chi connectivity index (χ0v) is 14.2. The Labute approximate surface area is 144 Å². The molecule has 1 heterocycles. The first-order valence-corrected chi connectivity index (χ1v) is 8.33. The number of benzene rings is 2. The molecule has 3 rings (SSSR count). The summed E-state index contributed by atoms with van der Waals surface area (Å²) in [7, 11) is 1.63. The molecule has 1 aliphatic heterocycles. The van der Waals surface area contributed by atoms with E-state index in [9.17, 15) is 4.79 Å². The van der Waals surface area contributed by atoms with Crippen molar-refractivity contribution < 1.29 is 9.53 Å². The highest BCUT2D eigenvalue weighted by Crippen LogP contribution is 2.33. The number of methoxy groups -OCH3 is 1. The molecule has 0 bridgehead atoms. The zero-order valence-electron chi connectivity index (χ0n) is 12.6. The van der Waals surface area contributed by atoms with Crippen LogP contribution in [0.2, 0.25) is 0 Å². The number of thioether (sulfide) groups is 1. The molecule has 1 saturated heterocycles. The standard InChI is InChI=1S/C18H15NO2S2/c1-21-15-9-7-13(8-10-15)11-16-17(20)19(18(22)23-16)12-14-5-3-2-4-6-14/h2-11H,12H2,1H3/b16-11+. The van der Waals surface area contributed by atoms with Crippen LogP contribution in [-0.2, 0) is 11.3 Å². The minimum Gasteiger partial charge on any atom is -0.497 e. The van der Waals surface area contributed by atoms with Gasteiger partial charge in [-0.25, -0.2) is 0 Å². The van der Waals surface area contributed by atoms with Crippen LogP contribution in [0, 0.1) is 0 Å². The Morgan fingerprint density at radius 3 is 2.48 bits per heavy atom. The minimum atomic E-state index is -0.0420. The molecule has 0 unspecified atom stereocenters. The Hall–Kier alpha value is -2.11. The molecule has 0 atom stereocenters. The lowest BCUT2D eigenvalue weighted by Gasteiger charge is -2.14. The fourth-order valence-electron chi connectivity index (χ4n) is 2.25. The van der Waals surface area contributed by atoms with Crippen molar-refractivity contribution in [3.8, 4) is 5.75 Å². The first kappa shape index (κ1) is 15.8. The van der Waals surface area contributed by atoms with Gasteiger partial charge in [-0.2, -0.15) is 0 Å². The molecule has 1 aliphatic rings. The Morgan fingerprint density at radius 2 is 1.83 bits per heavy atom. The first-order valence-electron chi connectivity index (χ1n) is 7.11. The number of carbonyl (C=O) groups is 1. The Kier molecular flexibility index (Phi) is 4.79. The first-order chi connectivity index (χ1) is 11.2. The number of hydrogen-bond donors (Lipinski definition) is 0. The summed E-state index contributed by atoms with van der Waals surface area (Å²) in [4.78, 5) is 14.9. The number of ether oxygens (including phenoxy) is 1. The van der Waals surface area contributed by atoms with E-state index in [-0.39, 0.29) is 5.91 Å². The average molecular weight is 341 g/mol. The van der Waals surface area contributed by atoms with E-state index in [4.69, 9.17) is 17.0 Å². The molecule has 0 aromatic heterocycles. The number of nitrogens with zero attached hydrogens (tertiary/aromatic N) is 1. The number of thiocarbonyl (C=S) groups is 1. The third kappa shape index (κ3) is 3.63. The van der Waals surface area contributed by atoms with Gasteiger partial charge in [0.05, 0.1) is 18.6 Å². The fourth-order valence-corrected chi connectivity index (χ4v) is 3.51. The van der Waals surface area contributed by atoms with E-state index in [0.717, 1.165) is 16.9 Å². The van der Waals surface area contributed by atoms with Crippen LogP contribution in [-0.4, -0.2) is 22.2 Å². The number of hydrogen-bond acceptors (Lipinski definition) is 4. The molecule has 2 aromatic carbocycles. The molecule has 23 heavy (non-hydrogen) atoms. The molecule has 5 heteroatoms. The van der Waals surface area contributed by atoms with Gasteiger partial charge in [0.1, 0.15) is 10.1 Å². The molecule has 3 nitrogen and oxygen atoms in total. The monoisotopic (exact) mass is 341 g/mol. The molecule has 1 amide bonds. The van der Waals surface area contributed by atoms with Crippen LogP contribution in [0.25, 0.3) is 6.08 Å². The second-order valence-corrected chi connectivity index (χ2v) is 6.70. The van der Waals surface area contributed by atoms with Gasteiger partial charge < -0.3 is 4.74 Å². The summed E-state index contributed by atoms with van der Waals surface area (Å²) in [6.07, 6.45) is 1.86. The molecule has 0 radical (unpaired) electrons. The average Bonchev–Trinajstić information content (AvgIpc) is 2.84. The molecule has 0 aliphatic carbocycles. The quantitative estimate of drug-likeness (QED) is 0.619. The summed E-state index contributed by atoms with van der Waals surface area (Å²) in [5, 5.41) is 0. The number of rotatable bonds is 4. The SMILES string of the molecule is COc1ccc(/C=C2/SC(=S)N(Cc3ccccc3)C2=O)cc1. The summed E-state index contributed by atoms with van der Waals surface area (Å²) in [6.45, 7) is 0.505. The largest absolute Gasteiger partial charge is 0.497 e. The smallest absolute Gasteiger partial charge is 0.266 e. The zero-order chi connectivity index (χ0) is 16.2. The van der Waals surface area contributed by atoms with E-state index in [1.807, 2.05) is 60.7 Å². The molecule has 0 N–H and O–H groups in total. The second-order valence-electron chi connectivity index (χ2n) is 5.03. The maximum atomic E-state index is 12.6. The van der Waals surface area contributed by atoms with E-state index in [2.05, 4.69) is 0 Å². The topological polar surface area (TPSA) is 29.5 Å². The van der Waals surface area contributed by atoms with Crippen molar-refractivity contribution in [3.05, 3.63) is 70.6 Å². The van der Waals surface area contributed by atoms with Crippen molar-refractivity contribution >= 4 is 40.3 Å². The van der Waals surface area contributed by atoms with E-state index >= 15 is 0 Å². The highest BCUT2D eigenvalue weighted by atomic mass is 32.2. The molecule has 0 saturated carbocycles. The van der Waals surface area contributed by atoms with Crippen LogP contribution < -0.4 is 4.74 Å². The summed E-state index contributed by atoms with van der Waals surface area (Å²) >= 11 is 6.70. The third-order valence-corrected chi connectivity index (χ3v) is 4.85. The molecule has 116 valence electrons. The van der Waals surface area contributed by atoms with Gasteiger partial charge in [0.2, 0.25) is 0 Å². The molecule has 0 spiro atoms. The van der Waals surface area contributed by atoms with Crippen molar-refractivity contribution in [2.24, 2.45) is 0 Å². The van der Waals surface area contributed by atoms with Crippen LogP contribution in [0.3, 0.4) is 0 Å². The van der Waals surface area contributed by atoms with Crippen molar-refractivity contribution in [2.45, 2.75) is 6.54 Å².